The van der Waals surface area contributed by atoms with Gasteiger partial charge in [-0.15, -0.1) is 0 Å². The van der Waals surface area contributed by atoms with Crippen molar-refractivity contribution in [1.29, 1.82) is 0 Å². The van der Waals surface area contributed by atoms with Crippen LogP contribution in [0.25, 0.3) is 0 Å². The van der Waals surface area contributed by atoms with Gasteiger partial charge in [0.1, 0.15) is 5.82 Å². The molecule has 184 valence electrons. The molecule has 1 unspecified atom stereocenters. The second-order valence-corrected chi connectivity index (χ2v) is 9.15. The molecule has 2 N–H and O–H groups in total. The Kier molecular flexibility index (Phi) is 7.23. The second-order valence-electron chi connectivity index (χ2n) is 9.15. The minimum Gasteiger partial charge on any atom is -0.481 e. The number of carboxylic acids is 1. The summed E-state index contributed by atoms with van der Waals surface area (Å²) in [5, 5.41) is 17.6. The zero-order valence-electron chi connectivity index (χ0n) is 19.9. The number of aliphatic carboxylic acids is 1. The SMILES string of the molecule is O=C(O)CC(c1cncc(N2CCOCC2)c1)n1nccc1CCCc1ccc2c(n1)NCCC2. The van der Waals surface area contributed by atoms with Crippen LogP contribution in [0.3, 0.4) is 0 Å². The molecule has 0 aliphatic carbocycles. The monoisotopic (exact) mass is 476 g/mol. The maximum absolute atomic E-state index is 11.8. The van der Waals surface area contributed by atoms with Crippen LogP contribution in [0.2, 0.25) is 0 Å². The van der Waals surface area contributed by atoms with Crippen LogP contribution in [-0.4, -0.2) is 63.7 Å². The lowest BCUT2D eigenvalue weighted by Crippen LogP contribution is -2.36. The highest BCUT2D eigenvalue weighted by molar-refractivity contribution is 5.68. The topological polar surface area (TPSA) is 105 Å². The summed E-state index contributed by atoms with van der Waals surface area (Å²) in [7, 11) is 0. The van der Waals surface area contributed by atoms with Gasteiger partial charge in [-0.1, -0.05) is 6.07 Å². The number of nitrogens with one attached hydrogen (secondary N) is 1. The first kappa shape index (κ1) is 23.3. The standard InChI is InChI=1S/C26H32N6O3/c33-25(34)16-24(20-15-23(18-27-17-20)31-11-13-35-14-12-31)32-22(8-10-29-32)5-1-4-21-7-6-19-3-2-9-28-26(19)30-21/h6-8,10,15,17-18,24H,1-5,9,11-14,16H2,(H,28,30)(H,33,34). The van der Waals surface area contributed by atoms with Gasteiger partial charge in [0.25, 0.3) is 0 Å². The average Bonchev–Trinajstić information content (AvgIpc) is 3.36. The number of aromatic nitrogens is 4. The minimum atomic E-state index is -0.862. The molecule has 0 saturated carbocycles. The fourth-order valence-corrected chi connectivity index (χ4v) is 4.91. The summed E-state index contributed by atoms with van der Waals surface area (Å²) >= 11 is 0. The predicted molar refractivity (Wildman–Crippen MR) is 133 cm³/mol. The van der Waals surface area contributed by atoms with Crippen LogP contribution in [0, 0.1) is 0 Å². The third kappa shape index (κ3) is 5.62. The van der Waals surface area contributed by atoms with Gasteiger partial charge in [0.15, 0.2) is 0 Å². The van der Waals surface area contributed by atoms with Gasteiger partial charge in [-0.3, -0.25) is 14.5 Å². The molecular formula is C26H32N6O3. The van der Waals surface area contributed by atoms with E-state index in [-0.39, 0.29) is 6.42 Å². The van der Waals surface area contributed by atoms with Crippen LogP contribution < -0.4 is 10.2 Å². The Bertz CT molecular complexity index is 1160. The van der Waals surface area contributed by atoms with E-state index < -0.39 is 12.0 Å². The molecule has 5 heterocycles. The van der Waals surface area contributed by atoms with Crippen molar-refractivity contribution in [3.05, 3.63) is 65.4 Å². The quantitative estimate of drug-likeness (QED) is 0.485. The molecule has 9 heteroatoms. The fraction of sp³-hybridized carbons (Fsp3) is 0.462. The fourth-order valence-electron chi connectivity index (χ4n) is 4.91. The molecule has 0 bridgehead atoms. The molecule has 0 aromatic carbocycles. The summed E-state index contributed by atoms with van der Waals surface area (Å²) in [6.07, 6.45) is 10.1. The van der Waals surface area contributed by atoms with E-state index in [0.29, 0.717) is 13.2 Å². The molecule has 9 nitrogen and oxygen atoms in total. The van der Waals surface area contributed by atoms with E-state index in [9.17, 15) is 9.90 Å². The number of morpholine rings is 1. The summed E-state index contributed by atoms with van der Waals surface area (Å²) in [6.45, 7) is 3.94. The van der Waals surface area contributed by atoms with Crippen LogP contribution in [0.4, 0.5) is 11.5 Å². The van der Waals surface area contributed by atoms with E-state index in [1.807, 2.05) is 23.0 Å². The Hall–Kier alpha value is -3.46. The van der Waals surface area contributed by atoms with E-state index in [1.54, 1.807) is 12.4 Å². The zero-order valence-corrected chi connectivity index (χ0v) is 19.9. The highest BCUT2D eigenvalue weighted by atomic mass is 16.5. The number of fused-ring (bicyclic) bond motifs is 1. The lowest BCUT2D eigenvalue weighted by molar-refractivity contribution is -0.137. The van der Waals surface area contributed by atoms with Gasteiger partial charge in [0.05, 0.1) is 37.6 Å². The Labute approximate surface area is 205 Å². The van der Waals surface area contributed by atoms with E-state index >= 15 is 0 Å². The van der Waals surface area contributed by atoms with Gasteiger partial charge in [-0.2, -0.15) is 5.10 Å². The van der Waals surface area contributed by atoms with Gasteiger partial charge in [-0.25, -0.2) is 4.98 Å². The summed E-state index contributed by atoms with van der Waals surface area (Å²) in [5.74, 6) is 0.159. The van der Waals surface area contributed by atoms with Crippen LogP contribution in [0.5, 0.6) is 0 Å². The van der Waals surface area contributed by atoms with Crippen molar-refractivity contribution in [2.75, 3.05) is 43.1 Å². The van der Waals surface area contributed by atoms with Crippen molar-refractivity contribution in [2.45, 2.75) is 44.6 Å². The van der Waals surface area contributed by atoms with Gasteiger partial charge in [0, 0.05) is 43.4 Å². The summed E-state index contributed by atoms with van der Waals surface area (Å²) in [4.78, 5) is 23.2. The molecule has 0 amide bonds. The van der Waals surface area contributed by atoms with E-state index in [4.69, 9.17) is 9.72 Å². The summed E-state index contributed by atoms with van der Waals surface area (Å²) in [5.41, 5.74) is 5.23. The summed E-state index contributed by atoms with van der Waals surface area (Å²) in [6, 6.07) is 7.92. The van der Waals surface area contributed by atoms with Crippen molar-refractivity contribution in [3.63, 3.8) is 0 Å². The first-order valence-electron chi connectivity index (χ1n) is 12.4. The van der Waals surface area contributed by atoms with Crippen LogP contribution in [-0.2, 0) is 28.8 Å². The number of carbonyl (C=O) groups is 1. The molecular weight excluding hydrogens is 444 g/mol. The number of anilines is 2. The number of nitrogens with zero attached hydrogens (tertiary/aromatic N) is 5. The van der Waals surface area contributed by atoms with Crippen LogP contribution >= 0.6 is 0 Å². The van der Waals surface area contributed by atoms with Gasteiger partial charge < -0.3 is 20.1 Å². The Morgan fingerprint density at radius 1 is 1.17 bits per heavy atom. The van der Waals surface area contributed by atoms with Gasteiger partial charge >= 0.3 is 5.97 Å². The van der Waals surface area contributed by atoms with Crippen molar-refractivity contribution < 1.29 is 14.6 Å². The third-order valence-corrected chi connectivity index (χ3v) is 6.74. The molecule has 2 aliphatic rings. The van der Waals surface area contributed by atoms with E-state index in [1.165, 1.54) is 5.56 Å². The van der Waals surface area contributed by atoms with Gasteiger partial charge in [0.2, 0.25) is 0 Å². The van der Waals surface area contributed by atoms with Gasteiger partial charge in [-0.05, 0) is 61.4 Å². The normalized spacial score (nSPS) is 16.4. The van der Waals surface area contributed by atoms with Crippen molar-refractivity contribution >= 4 is 17.5 Å². The summed E-state index contributed by atoms with van der Waals surface area (Å²) < 4.78 is 7.32. The molecule has 3 aromatic rings. The first-order chi connectivity index (χ1) is 17.2. The molecule has 35 heavy (non-hydrogen) atoms. The van der Waals surface area contributed by atoms with Crippen LogP contribution in [0.15, 0.2) is 42.9 Å². The molecule has 1 atom stereocenters. The minimum absolute atomic E-state index is 0.0546. The molecule has 0 spiro atoms. The molecule has 0 radical (unpaired) electrons. The smallest absolute Gasteiger partial charge is 0.305 e. The maximum atomic E-state index is 11.8. The van der Waals surface area contributed by atoms with Crippen molar-refractivity contribution in [2.24, 2.45) is 0 Å². The number of aryl methyl sites for hydroxylation is 3. The number of pyridine rings is 2. The van der Waals surface area contributed by atoms with Crippen molar-refractivity contribution in [3.8, 4) is 0 Å². The number of hydrogen-bond acceptors (Lipinski definition) is 7. The molecule has 2 aliphatic heterocycles. The van der Waals surface area contributed by atoms with E-state index in [0.717, 1.165) is 80.2 Å². The molecule has 5 rings (SSSR count). The Morgan fingerprint density at radius 3 is 2.91 bits per heavy atom. The largest absolute Gasteiger partial charge is 0.481 e. The van der Waals surface area contributed by atoms with Crippen molar-refractivity contribution in [1.82, 2.24) is 19.7 Å². The molecule has 1 saturated heterocycles. The number of ether oxygens (including phenoxy) is 1. The number of rotatable bonds is 9. The Morgan fingerprint density at radius 2 is 2.06 bits per heavy atom. The molecule has 1 fully saturated rings. The van der Waals surface area contributed by atoms with E-state index in [2.05, 4.69) is 32.4 Å². The predicted octanol–water partition coefficient (Wildman–Crippen LogP) is 3.11. The Balaban J connectivity index is 1.31. The first-order valence-corrected chi connectivity index (χ1v) is 12.4. The average molecular weight is 477 g/mol. The highest BCUT2D eigenvalue weighted by Crippen LogP contribution is 2.27. The lowest BCUT2D eigenvalue weighted by Gasteiger charge is -2.29. The lowest BCUT2D eigenvalue weighted by atomic mass is 10.0. The molecule has 3 aromatic heterocycles. The number of hydrogen-bond donors (Lipinski definition) is 2. The highest BCUT2D eigenvalue weighted by Gasteiger charge is 2.23. The third-order valence-electron chi connectivity index (χ3n) is 6.74. The zero-order chi connectivity index (χ0) is 24.0. The number of carboxylic acid groups (broad SMARTS) is 1. The maximum Gasteiger partial charge on any atom is 0.305 e. The second kappa shape index (κ2) is 10.9. The van der Waals surface area contributed by atoms with Crippen LogP contribution in [0.1, 0.15) is 47.8 Å².